The van der Waals surface area contributed by atoms with Gasteiger partial charge in [-0.25, -0.2) is 0 Å². The van der Waals surface area contributed by atoms with E-state index in [0.29, 0.717) is 11.5 Å². The molecule has 2 aliphatic rings. The highest BCUT2D eigenvalue weighted by molar-refractivity contribution is 4.94. The fourth-order valence-corrected chi connectivity index (χ4v) is 2.38. The van der Waals surface area contributed by atoms with E-state index in [-0.39, 0.29) is 0 Å². The van der Waals surface area contributed by atoms with Crippen molar-refractivity contribution < 1.29 is 4.74 Å². The lowest BCUT2D eigenvalue weighted by Gasteiger charge is -2.32. The first-order valence-corrected chi connectivity index (χ1v) is 4.86. The lowest BCUT2D eigenvalue weighted by atomic mass is 9.78. The van der Waals surface area contributed by atoms with Crippen LogP contribution in [-0.2, 0) is 4.74 Å². The standard InChI is InChI=1S/C9H18N2O/c10-6-8-5-9(7-11-8)1-3-12-4-2-9/h8,11H,1-7,10H2. The number of rotatable bonds is 1. The van der Waals surface area contributed by atoms with Crippen molar-refractivity contribution in [2.45, 2.75) is 25.3 Å². The number of ether oxygens (including phenoxy) is 1. The van der Waals surface area contributed by atoms with Crippen LogP contribution < -0.4 is 11.1 Å². The molecule has 0 bridgehead atoms. The average Bonchev–Trinajstić information content (AvgIpc) is 2.50. The van der Waals surface area contributed by atoms with Gasteiger partial charge in [-0.05, 0) is 24.7 Å². The summed E-state index contributed by atoms with van der Waals surface area (Å²) in [7, 11) is 0. The Bertz CT molecular complexity index is 155. The Morgan fingerprint density at radius 2 is 2.17 bits per heavy atom. The van der Waals surface area contributed by atoms with Crippen molar-refractivity contribution in [1.29, 1.82) is 0 Å². The molecule has 1 unspecified atom stereocenters. The van der Waals surface area contributed by atoms with Gasteiger partial charge >= 0.3 is 0 Å². The first kappa shape index (κ1) is 8.48. The minimum absolute atomic E-state index is 0.530. The van der Waals surface area contributed by atoms with Crippen molar-refractivity contribution in [3.63, 3.8) is 0 Å². The van der Waals surface area contributed by atoms with Crippen LogP contribution in [0.25, 0.3) is 0 Å². The summed E-state index contributed by atoms with van der Waals surface area (Å²) in [5.74, 6) is 0. The largest absolute Gasteiger partial charge is 0.381 e. The lowest BCUT2D eigenvalue weighted by molar-refractivity contribution is 0.0235. The first-order chi connectivity index (χ1) is 5.85. The molecule has 1 spiro atoms. The fraction of sp³-hybridized carbons (Fsp3) is 1.00. The van der Waals surface area contributed by atoms with Gasteiger partial charge in [0.25, 0.3) is 0 Å². The van der Waals surface area contributed by atoms with E-state index >= 15 is 0 Å². The van der Waals surface area contributed by atoms with E-state index in [4.69, 9.17) is 10.5 Å². The summed E-state index contributed by atoms with van der Waals surface area (Å²) in [5, 5.41) is 3.49. The molecular formula is C9H18N2O. The van der Waals surface area contributed by atoms with Gasteiger partial charge in [0.2, 0.25) is 0 Å². The number of hydrogen-bond donors (Lipinski definition) is 2. The summed E-state index contributed by atoms with van der Waals surface area (Å²) < 4.78 is 5.37. The Balaban J connectivity index is 1.94. The molecule has 2 fully saturated rings. The van der Waals surface area contributed by atoms with Crippen molar-refractivity contribution in [2.75, 3.05) is 26.3 Å². The predicted molar refractivity (Wildman–Crippen MR) is 47.9 cm³/mol. The molecule has 0 amide bonds. The SMILES string of the molecule is NCC1CC2(CCOCC2)CN1. The third kappa shape index (κ3) is 1.49. The van der Waals surface area contributed by atoms with Crippen LogP contribution in [0.2, 0.25) is 0 Å². The van der Waals surface area contributed by atoms with Crippen LogP contribution in [0.5, 0.6) is 0 Å². The molecule has 3 heteroatoms. The smallest absolute Gasteiger partial charge is 0.0471 e. The third-order valence-electron chi connectivity index (χ3n) is 3.28. The van der Waals surface area contributed by atoms with Gasteiger partial charge in [0.1, 0.15) is 0 Å². The van der Waals surface area contributed by atoms with Gasteiger partial charge in [-0.15, -0.1) is 0 Å². The Hall–Kier alpha value is -0.120. The van der Waals surface area contributed by atoms with Gasteiger partial charge in [-0.2, -0.15) is 0 Å². The van der Waals surface area contributed by atoms with Crippen molar-refractivity contribution in [3.05, 3.63) is 0 Å². The molecule has 1 atom stereocenters. The van der Waals surface area contributed by atoms with Crippen molar-refractivity contribution in [2.24, 2.45) is 11.1 Å². The molecule has 2 saturated heterocycles. The van der Waals surface area contributed by atoms with Crippen molar-refractivity contribution in [1.82, 2.24) is 5.32 Å². The van der Waals surface area contributed by atoms with Crippen molar-refractivity contribution >= 4 is 0 Å². The molecule has 0 aliphatic carbocycles. The van der Waals surface area contributed by atoms with Gasteiger partial charge in [-0.3, -0.25) is 0 Å². The van der Waals surface area contributed by atoms with E-state index in [9.17, 15) is 0 Å². The molecule has 2 rings (SSSR count). The topological polar surface area (TPSA) is 47.3 Å². The summed E-state index contributed by atoms with van der Waals surface area (Å²) >= 11 is 0. The Morgan fingerprint density at radius 1 is 1.42 bits per heavy atom. The summed E-state index contributed by atoms with van der Waals surface area (Å²) in [5.41, 5.74) is 6.16. The molecule has 0 radical (unpaired) electrons. The van der Waals surface area contributed by atoms with E-state index in [1.54, 1.807) is 0 Å². The summed E-state index contributed by atoms with van der Waals surface area (Å²) in [6, 6.07) is 0.558. The molecule has 0 aromatic carbocycles. The van der Waals surface area contributed by atoms with E-state index in [1.807, 2.05) is 0 Å². The van der Waals surface area contributed by atoms with Crippen LogP contribution in [-0.4, -0.2) is 32.3 Å². The van der Waals surface area contributed by atoms with Crippen LogP contribution in [0.4, 0.5) is 0 Å². The van der Waals surface area contributed by atoms with Crippen LogP contribution in [0.15, 0.2) is 0 Å². The second kappa shape index (κ2) is 3.32. The second-order valence-corrected chi connectivity index (χ2v) is 4.13. The van der Waals surface area contributed by atoms with E-state index < -0.39 is 0 Å². The van der Waals surface area contributed by atoms with Gasteiger partial charge < -0.3 is 15.8 Å². The minimum Gasteiger partial charge on any atom is -0.381 e. The average molecular weight is 170 g/mol. The number of hydrogen-bond acceptors (Lipinski definition) is 3. The Kier molecular flexibility index (Phi) is 2.35. The zero-order valence-corrected chi connectivity index (χ0v) is 7.51. The van der Waals surface area contributed by atoms with Crippen LogP contribution in [0.3, 0.4) is 0 Å². The molecule has 0 aromatic heterocycles. The van der Waals surface area contributed by atoms with Gasteiger partial charge in [0.05, 0.1) is 0 Å². The second-order valence-electron chi connectivity index (χ2n) is 4.13. The maximum Gasteiger partial charge on any atom is 0.0471 e. The van der Waals surface area contributed by atoms with Crippen molar-refractivity contribution in [3.8, 4) is 0 Å². The highest BCUT2D eigenvalue weighted by Crippen LogP contribution is 2.38. The molecule has 0 aromatic rings. The highest BCUT2D eigenvalue weighted by atomic mass is 16.5. The van der Waals surface area contributed by atoms with Gasteiger partial charge in [0.15, 0.2) is 0 Å². The van der Waals surface area contributed by atoms with Crippen LogP contribution in [0, 0.1) is 5.41 Å². The van der Waals surface area contributed by atoms with Crippen LogP contribution in [0.1, 0.15) is 19.3 Å². The number of nitrogens with two attached hydrogens (primary N) is 1. The Labute approximate surface area is 73.7 Å². The third-order valence-corrected chi connectivity index (χ3v) is 3.28. The van der Waals surface area contributed by atoms with Gasteiger partial charge in [-0.1, -0.05) is 0 Å². The van der Waals surface area contributed by atoms with E-state index in [2.05, 4.69) is 5.32 Å². The molecule has 0 saturated carbocycles. The normalized spacial score (nSPS) is 34.2. The fourth-order valence-electron chi connectivity index (χ4n) is 2.38. The predicted octanol–water partition coefficient (Wildman–Crippen LogP) is 0.104. The monoisotopic (exact) mass is 170 g/mol. The quantitative estimate of drug-likeness (QED) is 0.587. The maximum atomic E-state index is 5.63. The Morgan fingerprint density at radius 3 is 2.75 bits per heavy atom. The highest BCUT2D eigenvalue weighted by Gasteiger charge is 2.39. The van der Waals surface area contributed by atoms with E-state index in [1.165, 1.54) is 19.3 Å². The molecule has 12 heavy (non-hydrogen) atoms. The summed E-state index contributed by atoms with van der Waals surface area (Å²) in [6.45, 7) is 3.82. The van der Waals surface area contributed by atoms with E-state index in [0.717, 1.165) is 26.3 Å². The molecule has 70 valence electrons. The van der Waals surface area contributed by atoms with Crippen LogP contribution >= 0.6 is 0 Å². The first-order valence-electron chi connectivity index (χ1n) is 4.86. The molecule has 3 nitrogen and oxygen atoms in total. The van der Waals surface area contributed by atoms with Gasteiger partial charge in [0, 0.05) is 32.3 Å². The number of nitrogens with one attached hydrogen (secondary N) is 1. The molecule has 3 N–H and O–H groups in total. The zero-order chi connectivity index (χ0) is 8.44. The minimum atomic E-state index is 0.530. The zero-order valence-electron chi connectivity index (χ0n) is 7.51. The lowest BCUT2D eigenvalue weighted by Crippen LogP contribution is -2.31. The molecular weight excluding hydrogens is 152 g/mol. The molecule has 2 heterocycles. The summed E-state index contributed by atoms with van der Waals surface area (Å²) in [6.07, 6.45) is 3.69. The maximum absolute atomic E-state index is 5.63. The molecule has 2 aliphatic heterocycles. The summed E-state index contributed by atoms with van der Waals surface area (Å²) in [4.78, 5) is 0.